The molecule has 1 aromatic heterocycles. The fourth-order valence-electron chi connectivity index (χ4n) is 0.719. The molecule has 1 heterocycles. The minimum absolute atomic E-state index is 0.147. The number of ether oxygens (including phenoxy) is 1. The summed E-state index contributed by atoms with van der Waals surface area (Å²) in [7, 11) is 0. The SMILES string of the molecule is CCCOC(=O)c1ccsc1[O]. The van der Waals surface area contributed by atoms with Crippen molar-refractivity contribution in [2.75, 3.05) is 6.61 Å². The van der Waals surface area contributed by atoms with Crippen LogP contribution in [0.5, 0.6) is 5.06 Å². The van der Waals surface area contributed by atoms with Gasteiger partial charge in [-0.2, -0.15) is 0 Å². The average Bonchev–Trinajstić information content (AvgIpc) is 2.47. The Morgan fingerprint density at radius 3 is 2.92 bits per heavy atom. The molecule has 1 aromatic rings. The highest BCUT2D eigenvalue weighted by atomic mass is 32.1. The van der Waals surface area contributed by atoms with E-state index in [9.17, 15) is 9.90 Å². The van der Waals surface area contributed by atoms with Gasteiger partial charge in [0.2, 0.25) is 5.06 Å². The minimum Gasteiger partial charge on any atom is -0.462 e. The van der Waals surface area contributed by atoms with E-state index in [1.807, 2.05) is 6.92 Å². The first-order valence-corrected chi connectivity index (χ1v) is 4.55. The molecule has 1 rings (SSSR count). The van der Waals surface area contributed by atoms with Crippen LogP contribution >= 0.6 is 11.3 Å². The summed E-state index contributed by atoms with van der Waals surface area (Å²) < 4.78 is 4.78. The first-order chi connectivity index (χ1) is 5.75. The van der Waals surface area contributed by atoms with E-state index in [0.29, 0.717) is 6.61 Å². The molecule has 0 atom stereocenters. The van der Waals surface area contributed by atoms with Crippen molar-refractivity contribution in [1.82, 2.24) is 0 Å². The highest BCUT2D eigenvalue weighted by Gasteiger charge is 2.14. The fourth-order valence-corrected chi connectivity index (χ4v) is 1.33. The van der Waals surface area contributed by atoms with E-state index in [-0.39, 0.29) is 10.6 Å². The van der Waals surface area contributed by atoms with E-state index in [0.717, 1.165) is 17.8 Å². The Morgan fingerprint density at radius 1 is 1.67 bits per heavy atom. The van der Waals surface area contributed by atoms with Crippen LogP contribution in [0, 0.1) is 0 Å². The summed E-state index contributed by atoms with van der Waals surface area (Å²) in [5, 5.41) is 12.3. The molecule has 0 aromatic carbocycles. The summed E-state index contributed by atoms with van der Waals surface area (Å²) in [6.07, 6.45) is 0.768. The average molecular weight is 185 g/mol. The Bertz CT molecular complexity index is 267. The maximum absolute atomic E-state index is 11.1. The quantitative estimate of drug-likeness (QED) is 0.679. The summed E-state index contributed by atoms with van der Waals surface area (Å²) in [4.78, 5) is 11.1. The molecule has 0 N–H and O–H groups in total. The van der Waals surface area contributed by atoms with Gasteiger partial charge in [0, 0.05) is 0 Å². The molecule has 0 aliphatic carbocycles. The van der Waals surface area contributed by atoms with E-state index >= 15 is 0 Å². The molecular formula is C8H9O3S. The number of hydrogen-bond acceptors (Lipinski definition) is 3. The maximum Gasteiger partial charge on any atom is 0.343 e. The van der Waals surface area contributed by atoms with Crippen molar-refractivity contribution < 1.29 is 14.6 Å². The van der Waals surface area contributed by atoms with Gasteiger partial charge >= 0.3 is 5.97 Å². The monoisotopic (exact) mass is 185 g/mol. The number of carbonyl (C=O) groups excluding carboxylic acids is 1. The van der Waals surface area contributed by atoms with Crippen LogP contribution < -0.4 is 0 Å². The third kappa shape index (κ3) is 1.98. The molecule has 4 heteroatoms. The van der Waals surface area contributed by atoms with E-state index in [2.05, 4.69) is 0 Å². The Morgan fingerprint density at radius 2 is 2.42 bits per heavy atom. The van der Waals surface area contributed by atoms with Crippen molar-refractivity contribution in [1.29, 1.82) is 0 Å². The van der Waals surface area contributed by atoms with Crippen molar-refractivity contribution >= 4 is 17.3 Å². The van der Waals surface area contributed by atoms with Crippen LogP contribution in [0.1, 0.15) is 23.7 Å². The molecular weight excluding hydrogens is 176 g/mol. The summed E-state index contributed by atoms with van der Waals surface area (Å²) >= 11 is 1.01. The standard InChI is InChI=1S/C8H9O3S/c1-2-4-11-7(9)6-3-5-12-8(6)10/h3,5H,2,4H2,1H3. The van der Waals surface area contributed by atoms with Gasteiger partial charge in [-0.15, -0.1) is 11.3 Å². The van der Waals surface area contributed by atoms with Gasteiger partial charge in [-0.05, 0) is 17.9 Å². The third-order valence-corrected chi connectivity index (χ3v) is 1.99. The zero-order valence-electron chi connectivity index (χ0n) is 6.70. The predicted octanol–water partition coefficient (Wildman–Crippen LogP) is 2.46. The number of esters is 1. The molecule has 0 bridgehead atoms. The Labute approximate surface area is 74.6 Å². The molecule has 12 heavy (non-hydrogen) atoms. The normalized spacial score (nSPS) is 9.75. The van der Waals surface area contributed by atoms with Gasteiger partial charge in [0.25, 0.3) is 0 Å². The zero-order chi connectivity index (χ0) is 8.97. The van der Waals surface area contributed by atoms with Crippen molar-refractivity contribution in [2.45, 2.75) is 13.3 Å². The molecule has 65 valence electrons. The zero-order valence-corrected chi connectivity index (χ0v) is 7.52. The van der Waals surface area contributed by atoms with E-state index in [1.54, 1.807) is 5.38 Å². The molecule has 0 fully saturated rings. The maximum atomic E-state index is 11.1. The van der Waals surface area contributed by atoms with Gasteiger partial charge in [-0.25, -0.2) is 4.79 Å². The van der Waals surface area contributed by atoms with Crippen LogP contribution in [-0.4, -0.2) is 12.6 Å². The summed E-state index contributed by atoms with van der Waals surface area (Å²) in [5.74, 6) is -0.511. The first kappa shape index (κ1) is 9.06. The van der Waals surface area contributed by atoms with Gasteiger partial charge in [0.05, 0.1) is 6.61 Å². The highest BCUT2D eigenvalue weighted by Crippen LogP contribution is 2.25. The minimum atomic E-state index is -0.511. The number of thiophene rings is 1. The second-order valence-corrected chi connectivity index (χ2v) is 3.14. The lowest BCUT2D eigenvalue weighted by molar-refractivity contribution is 0.0501. The number of hydrogen-bond donors (Lipinski definition) is 0. The molecule has 0 amide bonds. The summed E-state index contributed by atoms with van der Waals surface area (Å²) in [5.41, 5.74) is 0.147. The van der Waals surface area contributed by atoms with Crippen LogP contribution in [0.4, 0.5) is 0 Å². The molecule has 0 spiro atoms. The van der Waals surface area contributed by atoms with Crippen LogP contribution in [0.25, 0.3) is 0 Å². The lowest BCUT2D eigenvalue weighted by Crippen LogP contribution is -2.04. The molecule has 0 aliphatic heterocycles. The van der Waals surface area contributed by atoms with Crippen molar-refractivity contribution in [3.63, 3.8) is 0 Å². The number of rotatable bonds is 3. The molecule has 0 unspecified atom stereocenters. The third-order valence-electron chi connectivity index (χ3n) is 1.29. The van der Waals surface area contributed by atoms with E-state index in [4.69, 9.17) is 4.74 Å². The second kappa shape index (κ2) is 4.11. The molecule has 1 radical (unpaired) electrons. The first-order valence-electron chi connectivity index (χ1n) is 3.67. The fraction of sp³-hybridized carbons (Fsp3) is 0.375. The topological polar surface area (TPSA) is 46.2 Å². The Kier molecular flexibility index (Phi) is 3.10. The van der Waals surface area contributed by atoms with Crippen LogP contribution in [0.3, 0.4) is 0 Å². The van der Waals surface area contributed by atoms with Gasteiger partial charge < -0.3 is 4.74 Å². The van der Waals surface area contributed by atoms with Crippen molar-refractivity contribution in [3.05, 3.63) is 17.0 Å². The lowest BCUT2D eigenvalue weighted by Gasteiger charge is -1.99. The van der Waals surface area contributed by atoms with Gasteiger partial charge in [-0.1, -0.05) is 6.92 Å². The Hall–Kier alpha value is -1.03. The molecule has 0 saturated carbocycles. The highest BCUT2D eigenvalue weighted by molar-refractivity contribution is 7.12. The van der Waals surface area contributed by atoms with E-state index in [1.165, 1.54) is 6.07 Å². The van der Waals surface area contributed by atoms with Crippen molar-refractivity contribution in [2.24, 2.45) is 0 Å². The van der Waals surface area contributed by atoms with Gasteiger partial charge in [0.1, 0.15) is 5.56 Å². The summed E-state index contributed by atoms with van der Waals surface area (Å²) in [6, 6.07) is 1.49. The van der Waals surface area contributed by atoms with Crippen LogP contribution in [0.15, 0.2) is 11.4 Å². The Balaban J connectivity index is 2.59. The molecule has 3 nitrogen and oxygen atoms in total. The molecule has 0 aliphatic rings. The van der Waals surface area contributed by atoms with Crippen LogP contribution in [0.2, 0.25) is 0 Å². The van der Waals surface area contributed by atoms with E-state index < -0.39 is 5.97 Å². The van der Waals surface area contributed by atoms with Crippen LogP contribution in [-0.2, 0) is 9.84 Å². The van der Waals surface area contributed by atoms with Gasteiger partial charge in [0.15, 0.2) is 0 Å². The predicted molar refractivity (Wildman–Crippen MR) is 45.0 cm³/mol. The lowest BCUT2D eigenvalue weighted by atomic mass is 10.3. The number of carbonyl (C=O) groups is 1. The second-order valence-electron chi connectivity index (χ2n) is 2.26. The van der Waals surface area contributed by atoms with Gasteiger partial charge in [-0.3, -0.25) is 5.11 Å². The molecule has 0 saturated heterocycles. The smallest absolute Gasteiger partial charge is 0.343 e. The van der Waals surface area contributed by atoms with Crippen molar-refractivity contribution in [3.8, 4) is 5.06 Å². The largest absolute Gasteiger partial charge is 0.462 e. The summed E-state index contributed by atoms with van der Waals surface area (Å²) in [6.45, 7) is 2.27.